The van der Waals surface area contributed by atoms with Crippen molar-refractivity contribution in [3.05, 3.63) is 21.7 Å². The van der Waals surface area contributed by atoms with Crippen LogP contribution in [-0.4, -0.2) is 22.2 Å². The highest BCUT2D eigenvalue weighted by Crippen LogP contribution is 2.41. The molecule has 0 spiro atoms. The van der Waals surface area contributed by atoms with Crippen molar-refractivity contribution in [2.24, 2.45) is 5.92 Å². The lowest BCUT2D eigenvalue weighted by molar-refractivity contribution is 0.0763. The smallest absolute Gasteiger partial charge is 0.257 e. The van der Waals surface area contributed by atoms with Crippen molar-refractivity contribution in [1.29, 1.82) is 0 Å². The van der Waals surface area contributed by atoms with E-state index >= 15 is 0 Å². The van der Waals surface area contributed by atoms with Gasteiger partial charge in [-0.25, -0.2) is 0 Å². The average Bonchev–Trinajstić information content (AvgIpc) is 2.99. The molecular weight excluding hydrogens is 196 g/mol. The van der Waals surface area contributed by atoms with Gasteiger partial charge in [0.1, 0.15) is 11.9 Å². The van der Waals surface area contributed by atoms with Gasteiger partial charge in [-0.15, -0.1) is 0 Å². The van der Waals surface area contributed by atoms with Gasteiger partial charge in [-0.05, 0) is 25.7 Å². The minimum Gasteiger partial charge on any atom is -0.493 e. The van der Waals surface area contributed by atoms with Gasteiger partial charge in [-0.2, -0.15) is 4.98 Å². The van der Waals surface area contributed by atoms with E-state index in [0.717, 1.165) is 12.8 Å². The topological polar surface area (TPSA) is 75.2 Å². The van der Waals surface area contributed by atoms with E-state index in [9.17, 15) is 9.90 Å². The molecule has 1 aromatic rings. The average molecular weight is 210 g/mol. The Labute approximate surface area is 87.1 Å². The van der Waals surface area contributed by atoms with E-state index in [4.69, 9.17) is 4.74 Å². The standard InChI is InChI=1S/C10H14N2O3/c1-5-9(13)11-8(12-10(5)14)7(15-2)6-3-4-6/h6-7H,3-4H2,1-2H3,(H2,11,12,13,14). The number of hydrogen-bond acceptors (Lipinski definition) is 4. The zero-order valence-electron chi connectivity index (χ0n) is 8.78. The summed E-state index contributed by atoms with van der Waals surface area (Å²) in [5.74, 6) is 0.629. The Balaban J connectivity index is 2.39. The Morgan fingerprint density at radius 1 is 1.60 bits per heavy atom. The molecule has 15 heavy (non-hydrogen) atoms. The molecule has 0 radical (unpaired) electrons. The van der Waals surface area contributed by atoms with Gasteiger partial charge in [0.2, 0.25) is 5.88 Å². The van der Waals surface area contributed by atoms with Gasteiger partial charge in [0.25, 0.3) is 5.56 Å². The molecule has 0 saturated heterocycles. The molecule has 0 aliphatic heterocycles. The van der Waals surface area contributed by atoms with Crippen molar-refractivity contribution in [2.75, 3.05) is 7.11 Å². The van der Waals surface area contributed by atoms with E-state index in [1.54, 1.807) is 7.11 Å². The van der Waals surface area contributed by atoms with Gasteiger partial charge in [0.05, 0.1) is 5.56 Å². The van der Waals surface area contributed by atoms with E-state index in [1.165, 1.54) is 6.92 Å². The number of methoxy groups -OCH3 is 1. The fourth-order valence-corrected chi connectivity index (χ4v) is 1.60. The number of nitrogens with zero attached hydrogens (tertiary/aromatic N) is 1. The first-order valence-electron chi connectivity index (χ1n) is 4.96. The van der Waals surface area contributed by atoms with Gasteiger partial charge < -0.3 is 14.8 Å². The third-order valence-corrected chi connectivity index (χ3v) is 2.72. The zero-order valence-corrected chi connectivity index (χ0v) is 8.78. The van der Waals surface area contributed by atoms with E-state index in [0.29, 0.717) is 11.7 Å². The Hall–Kier alpha value is -1.36. The maximum absolute atomic E-state index is 11.4. The number of hydrogen-bond donors (Lipinski definition) is 2. The monoisotopic (exact) mass is 210 g/mol. The van der Waals surface area contributed by atoms with Crippen LogP contribution in [0.15, 0.2) is 4.79 Å². The maximum Gasteiger partial charge on any atom is 0.257 e. The summed E-state index contributed by atoms with van der Waals surface area (Å²) in [7, 11) is 1.58. The van der Waals surface area contributed by atoms with Crippen LogP contribution in [0.25, 0.3) is 0 Å². The molecule has 0 aromatic carbocycles. The maximum atomic E-state index is 11.4. The lowest BCUT2D eigenvalue weighted by atomic mass is 10.2. The first kappa shape index (κ1) is 10.2. The van der Waals surface area contributed by atoms with Crippen molar-refractivity contribution in [2.45, 2.75) is 25.9 Å². The van der Waals surface area contributed by atoms with Crippen molar-refractivity contribution in [1.82, 2.24) is 9.97 Å². The highest BCUT2D eigenvalue weighted by Gasteiger charge is 2.34. The lowest BCUT2D eigenvalue weighted by Crippen LogP contribution is -2.18. The summed E-state index contributed by atoms with van der Waals surface area (Å²) in [4.78, 5) is 18.0. The van der Waals surface area contributed by atoms with Crippen LogP contribution >= 0.6 is 0 Å². The zero-order chi connectivity index (χ0) is 11.0. The number of rotatable bonds is 3. The van der Waals surface area contributed by atoms with Gasteiger partial charge in [-0.1, -0.05) is 0 Å². The highest BCUT2D eigenvalue weighted by molar-refractivity contribution is 5.21. The molecule has 82 valence electrons. The number of H-pyrrole nitrogens is 1. The first-order chi connectivity index (χ1) is 7.13. The Kier molecular flexibility index (Phi) is 2.48. The van der Waals surface area contributed by atoms with Crippen LogP contribution in [0, 0.1) is 12.8 Å². The van der Waals surface area contributed by atoms with Crippen LogP contribution in [0.1, 0.15) is 30.3 Å². The van der Waals surface area contributed by atoms with Crippen molar-refractivity contribution in [3.63, 3.8) is 0 Å². The van der Waals surface area contributed by atoms with Gasteiger partial charge >= 0.3 is 0 Å². The molecule has 1 atom stereocenters. The third kappa shape index (κ3) is 1.87. The first-order valence-corrected chi connectivity index (χ1v) is 4.96. The van der Waals surface area contributed by atoms with E-state index in [1.807, 2.05) is 0 Å². The van der Waals surface area contributed by atoms with E-state index in [2.05, 4.69) is 9.97 Å². The number of aromatic amines is 1. The normalized spacial score (nSPS) is 17.7. The van der Waals surface area contributed by atoms with Crippen LogP contribution < -0.4 is 5.56 Å². The van der Waals surface area contributed by atoms with Crippen molar-refractivity contribution in [3.8, 4) is 5.88 Å². The van der Waals surface area contributed by atoms with Gasteiger partial charge in [0.15, 0.2) is 0 Å². The molecule has 1 aliphatic carbocycles. The number of aromatic hydroxyl groups is 1. The highest BCUT2D eigenvalue weighted by atomic mass is 16.5. The van der Waals surface area contributed by atoms with Crippen LogP contribution in [0.5, 0.6) is 5.88 Å². The predicted molar refractivity (Wildman–Crippen MR) is 53.7 cm³/mol. The molecule has 2 rings (SSSR count). The second kappa shape index (κ2) is 3.66. The largest absolute Gasteiger partial charge is 0.493 e. The second-order valence-electron chi connectivity index (χ2n) is 3.89. The predicted octanol–water partition coefficient (Wildman–Crippen LogP) is 0.881. The summed E-state index contributed by atoms with van der Waals surface area (Å²) in [6.07, 6.45) is 1.96. The molecule has 1 unspecified atom stereocenters. The Morgan fingerprint density at radius 3 is 2.73 bits per heavy atom. The lowest BCUT2D eigenvalue weighted by Gasteiger charge is -2.13. The van der Waals surface area contributed by atoms with Crippen LogP contribution in [0.3, 0.4) is 0 Å². The molecule has 1 saturated carbocycles. The van der Waals surface area contributed by atoms with E-state index < -0.39 is 0 Å². The molecule has 1 aromatic heterocycles. The molecular formula is C10H14N2O3. The minimum atomic E-state index is -0.305. The minimum absolute atomic E-state index is 0.204. The molecule has 1 fully saturated rings. The number of nitrogens with one attached hydrogen (secondary N) is 1. The second-order valence-corrected chi connectivity index (χ2v) is 3.89. The molecule has 5 nitrogen and oxygen atoms in total. The van der Waals surface area contributed by atoms with Crippen molar-refractivity contribution < 1.29 is 9.84 Å². The fourth-order valence-electron chi connectivity index (χ4n) is 1.60. The van der Waals surface area contributed by atoms with E-state index in [-0.39, 0.29) is 23.1 Å². The van der Waals surface area contributed by atoms with Crippen LogP contribution in [-0.2, 0) is 4.74 Å². The molecule has 0 amide bonds. The van der Waals surface area contributed by atoms with Crippen LogP contribution in [0.4, 0.5) is 0 Å². The molecule has 5 heteroatoms. The summed E-state index contributed by atoms with van der Waals surface area (Å²) >= 11 is 0. The molecule has 1 heterocycles. The van der Waals surface area contributed by atoms with Crippen molar-refractivity contribution >= 4 is 0 Å². The Bertz CT molecular complexity index is 423. The summed E-state index contributed by atoms with van der Waals surface area (Å²) in [6, 6.07) is 0. The molecule has 2 N–H and O–H groups in total. The SMILES string of the molecule is COC(c1nc(O)c(C)c(=O)[nH]1)C1CC1. The summed E-state index contributed by atoms with van der Waals surface area (Å²) < 4.78 is 5.27. The van der Waals surface area contributed by atoms with Gasteiger partial charge in [0, 0.05) is 7.11 Å². The quantitative estimate of drug-likeness (QED) is 0.776. The number of aromatic nitrogens is 2. The summed E-state index contributed by atoms with van der Waals surface area (Å²) in [6.45, 7) is 1.53. The summed E-state index contributed by atoms with van der Waals surface area (Å²) in [5, 5.41) is 9.44. The third-order valence-electron chi connectivity index (χ3n) is 2.72. The Morgan fingerprint density at radius 2 is 2.27 bits per heavy atom. The fraction of sp³-hybridized carbons (Fsp3) is 0.600. The van der Waals surface area contributed by atoms with Crippen LogP contribution in [0.2, 0.25) is 0 Å². The number of ether oxygens (including phenoxy) is 1. The molecule has 1 aliphatic rings. The molecule has 0 bridgehead atoms. The summed E-state index contributed by atoms with van der Waals surface area (Å²) in [5.41, 5.74) is -0.0652. The van der Waals surface area contributed by atoms with Gasteiger partial charge in [-0.3, -0.25) is 4.79 Å².